The highest BCUT2D eigenvalue weighted by molar-refractivity contribution is 5.90. The van der Waals surface area contributed by atoms with E-state index in [1.807, 2.05) is 6.92 Å². The fourth-order valence-corrected chi connectivity index (χ4v) is 4.06. The van der Waals surface area contributed by atoms with E-state index in [1.165, 1.54) is 0 Å². The van der Waals surface area contributed by atoms with Crippen molar-refractivity contribution in [1.29, 1.82) is 0 Å². The van der Waals surface area contributed by atoms with Crippen LogP contribution < -0.4 is 0 Å². The molecule has 0 amide bonds. The molecule has 1 saturated heterocycles. The van der Waals surface area contributed by atoms with E-state index >= 15 is 0 Å². The highest BCUT2D eigenvalue weighted by atomic mass is 16.6. The molecule has 4 nitrogen and oxygen atoms in total. The third-order valence-electron chi connectivity index (χ3n) is 5.43. The predicted octanol–water partition coefficient (Wildman–Crippen LogP) is 1.18. The lowest BCUT2D eigenvalue weighted by Crippen LogP contribution is -2.54. The number of aliphatic hydroxyl groups is 2. The summed E-state index contributed by atoms with van der Waals surface area (Å²) in [7, 11) is 0. The Morgan fingerprint density at radius 1 is 1.32 bits per heavy atom. The van der Waals surface area contributed by atoms with Crippen LogP contribution >= 0.6 is 0 Å². The Hall–Kier alpha value is -1.13. The molecule has 1 heterocycles. The van der Waals surface area contributed by atoms with Crippen molar-refractivity contribution in [2.75, 3.05) is 0 Å². The summed E-state index contributed by atoms with van der Waals surface area (Å²) >= 11 is 0. The van der Waals surface area contributed by atoms with E-state index < -0.39 is 12.2 Å². The summed E-state index contributed by atoms with van der Waals surface area (Å²) in [5.74, 6) is -0.309. The van der Waals surface area contributed by atoms with Crippen LogP contribution in [0, 0.1) is 17.3 Å². The lowest BCUT2D eigenvalue weighted by atomic mass is 9.54. The summed E-state index contributed by atoms with van der Waals surface area (Å²) in [6.07, 6.45) is 0.179. The molecule has 0 bridgehead atoms. The zero-order valence-electron chi connectivity index (χ0n) is 11.1. The smallest absolute Gasteiger partial charge is 0.334 e. The van der Waals surface area contributed by atoms with Crippen LogP contribution in [0.5, 0.6) is 0 Å². The van der Waals surface area contributed by atoms with Crippen LogP contribution in [0.25, 0.3) is 0 Å². The van der Waals surface area contributed by atoms with Gasteiger partial charge >= 0.3 is 5.97 Å². The Kier molecular flexibility index (Phi) is 2.67. The number of fused-ring (bicyclic) bond motifs is 2. The van der Waals surface area contributed by atoms with Crippen LogP contribution in [0.15, 0.2) is 24.3 Å². The minimum atomic E-state index is -0.657. The second-order valence-corrected chi connectivity index (χ2v) is 6.42. The van der Waals surface area contributed by atoms with E-state index in [0.717, 1.165) is 5.57 Å². The number of rotatable bonds is 0. The first-order valence-electron chi connectivity index (χ1n) is 6.79. The van der Waals surface area contributed by atoms with Crippen LogP contribution in [0.3, 0.4) is 0 Å². The summed E-state index contributed by atoms with van der Waals surface area (Å²) in [5, 5.41) is 20.3. The number of carbonyl (C=O) groups excluding carboxylic acids is 1. The van der Waals surface area contributed by atoms with Crippen molar-refractivity contribution in [2.45, 2.75) is 44.5 Å². The number of hydrogen-bond donors (Lipinski definition) is 2. The molecule has 3 fully saturated rings. The number of esters is 1. The summed E-state index contributed by atoms with van der Waals surface area (Å²) in [6.45, 7) is 9.82. The van der Waals surface area contributed by atoms with Crippen LogP contribution in [-0.4, -0.2) is 34.5 Å². The molecule has 3 rings (SSSR count). The van der Waals surface area contributed by atoms with Crippen molar-refractivity contribution in [3.8, 4) is 0 Å². The van der Waals surface area contributed by atoms with E-state index in [9.17, 15) is 15.0 Å². The molecule has 0 aromatic heterocycles. The molecule has 1 aliphatic heterocycles. The van der Waals surface area contributed by atoms with Gasteiger partial charge in [-0.1, -0.05) is 20.1 Å². The van der Waals surface area contributed by atoms with Crippen LogP contribution in [0.1, 0.15) is 26.2 Å². The number of hydrogen-bond acceptors (Lipinski definition) is 4. The molecule has 3 aliphatic rings. The predicted molar refractivity (Wildman–Crippen MR) is 69.1 cm³/mol. The molecule has 19 heavy (non-hydrogen) atoms. The minimum Gasteiger partial charge on any atom is -0.458 e. The third-order valence-corrected chi connectivity index (χ3v) is 5.43. The van der Waals surface area contributed by atoms with Gasteiger partial charge < -0.3 is 14.9 Å². The molecule has 2 N–H and O–H groups in total. The molecule has 6 atom stereocenters. The van der Waals surface area contributed by atoms with E-state index in [2.05, 4.69) is 13.2 Å². The lowest BCUT2D eigenvalue weighted by Gasteiger charge is -2.53. The Labute approximate surface area is 112 Å². The van der Waals surface area contributed by atoms with Crippen molar-refractivity contribution in [2.24, 2.45) is 17.3 Å². The molecule has 2 saturated carbocycles. The van der Waals surface area contributed by atoms with Gasteiger partial charge in [0.2, 0.25) is 0 Å². The molecular formula is C15H20O4. The van der Waals surface area contributed by atoms with Crippen molar-refractivity contribution >= 4 is 5.97 Å². The van der Waals surface area contributed by atoms with E-state index in [0.29, 0.717) is 24.8 Å². The molecule has 104 valence electrons. The van der Waals surface area contributed by atoms with Gasteiger partial charge in [0.15, 0.2) is 0 Å². The Morgan fingerprint density at radius 3 is 2.68 bits per heavy atom. The topological polar surface area (TPSA) is 66.8 Å². The van der Waals surface area contributed by atoms with E-state index in [4.69, 9.17) is 4.74 Å². The molecule has 0 aromatic carbocycles. The SMILES string of the molecule is C=C1C(=O)O[C@@H]2C[C@]3(C)[C@H](O)C[C@H](O)C(=C)[C@@H]3C[C@H]12. The summed E-state index contributed by atoms with van der Waals surface area (Å²) in [6, 6.07) is 0. The Balaban J connectivity index is 1.95. The van der Waals surface area contributed by atoms with Crippen LogP contribution in [-0.2, 0) is 9.53 Å². The third kappa shape index (κ3) is 1.63. The van der Waals surface area contributed by atoms with Gasteiger partial charge in [-0.05, 0) is 24.3 Å². The van der Waals surface area contributed by atoms with E-state index in [1.54, 1.807) is 0 Å². The average Bonchev–Trinajstić information content (AvgIpc) is 2.61. The first kappa shape index (κ1) is 12.9. The fourth-order valence-electron chi connectivity index (χ4n) is 4.06. The maximum Gasteiger partial charge on any atom is 0.334 e. The molecule has 0 unspecified atom stereocenters. The van der Waals surface area contributed by atoms with Crippen molar-refractivity contribution in [3.63, 3.8) is 0 Å². The number of carbonyl (C=O) groups is 1. The van der Waals surface area contributed by atoms with Gasteiger partial charge in [0.05, 0.1) is 12.2 Å². The van der Waals surface area contributed by atoms with Crippen molar-refractivity contribution in [1.82, 2.24) is 0 Å². The average molecular weight is 264 g/mol. The van der Waals surface area contributed by atoms with Gasteiger partial charge in [-0.25, -0.2) is 4.79 Å². The van der Waals surface area contributed by atoms with Crippen molar-refractivity contribution in [3.05, 3.63) is 24.3 Å². The second kappa shape index (κ2) is 3.93. The Morgan fingerprint density at radius 2 is 2.00 bits per heavy atom. The zero-order chi connectivity index (χ0) is 13.9. The largest absolute Gasteiger partial charge is 0.458 e. The fraction of sp³-hybridized carbons (Fsp3) is 0.667. The van der Waals surface area contributed by atoms with Gasteiger partial charge in [0.25, 0.3) is 0 Å². The molecule has 0 spiro atoms. The number of ether oxygens (including phenoxy) is 1. The van der Waals surface area contributed by atoms with E-state index in [-0.39, 0.29) is 29.3 Å². The van der Waals surface area contributed by atoms with Gasteiger partial charge in [0.1, 0.15) is 6.10 Å². The summed E-state index contributed by atoms with van der Waals surface area (Å²) in [4.78, 5) is 11.6. The molecule has 0 radical (unpaired) electrons. The quantitative estimate of drug-likeness (QED) is 0.392. The zero-order valence-corrected chi connectivity index (χ0v) is 11.1. The summed E-state index contributed by atoms with van der Waals surface area (Å²) in [5.41, 5.74) is 0.926. The maximum absolute atomic E-state index is 11.6. The standard InChI is InChI=1S/C15H20O4/c1-7-9-4-10-8(2)11(16)5-13(17)15(10,3)6-12(9)19-14(7)18/h9-13,16-17H,1-2,4-6H2,3H3/t9-,10+,11+,12-,13-,15+/m1/s1. The summed E-state index contributed by atoms with van der Waals surface area (Å²) < 4.78 is 5.36. The van der Waals surface area contributed by atoms with Crippen LogP contribution in [0.4, 0.5) is 0 Å². The van der Waals surface area contributed by atoms with Crippen LogP contribution in [0.2, 0.25) is 0 Å². The molecule has 2 aliphatic carbocycles. The highest BCUT2D eigenvalue weighted by Gasteiger charge is 2.57. The minimum absolute atomic E-state index is 0.000162. The van der Waals surface area contributed by atoms with Gasteiger partial charge in [-0.3, -0.25) is 0 Å². The van der Waals surface area contributed by atoms with Gasteiger partial charge in [-0.2, -0.15) is 0 Å². The lowest BCUT2D eigenvalue weighted by molar-refractivity contribution is -0.148. The monoisotopic (exact) mass is 264 g/mol. The van der Waals surface area contributed by atoms with Crippen molar-refractivity contribution < 1.29 is 19.7 Å². The molecule has 4 heteroatoms. The normalized spacial score (nSPS) is 49.6. The Bertz CT molecular complexity index is 469. The van der Waals surface area contributed by atoms with Gasteiger partial charge in [-0.15, -0.1) is 0 Å². The van der Waals surface area contributed by atoms with Gasteiger partial charge in [0, 0.05) is 23.3 Å². The number of aliphatic hydroxyl groups excluding tert-OH is 2. The second-order valence-electron chi connectivity index (χ2n) is 6.42. The first-order chi connectivity index (χ1) is 8.84. The molecular weight excluding hydrogens is 244 g/mol. The maximum atomic E-state index is 11.6. The molecule has 0 aromatic rings. The first-order valence-corrected chi connectivity index (χ1v) is 6.79. The highest BCUT2D eigenvalue weighted by Crippen LogP contribution is 2.56.